The lowest BCUT2D eigenvalue weighted by Gasteiger charge is -2.09. The normalized spacial score (nSPS) is 12.9. The maximum Gasteiger partial charge on any atom is 0.416 e. The highest BCUT2D eigenvalue weighted by Crippen LogP contribution is 2.35. The van der Waals surface area contributed by atoms with Crippen LogP contribution in [0.4, 0.5) is 23.2 Å². The van der Waals surface area contributed by atoms with Crippen LogP contribution in [0.25, 0.3) is 0 Å². The predicted octanol–water partition coefficient (Wildman–Crippen LogP) is 3.68. The molecule has 1 aromatic carbocycles. The van der Waals surface area contributed by atoms with Crippen molar-refractivity contribution in [1.29, 1.82) is 0 Å². The van der Waals surface area contributed by atoms with Gasteiger partial charge in [-0.05, 0) is 34.7 Å². The Morgan fingerprint density at radius 2 is 2.00 bits per heavy atom. The molecule has 8 heteroatoms. The molecule has 0 amide bonds. The molecule has 17 heavy (non-hydrogen) atoms. The third kappa shape index (κ3) is 3.70. The Bertz CT molecular complexity index is 459. The van der Waals surface area contributed by atoms with Crippen LogP contribution in [0.5, 0.6) is 0 Å². The molecular weight excluding hydrogens is 374 g/mol. The molecule has 0 saturated carbocycles. The maximum absolute atomic E-state index is 13.3. The number of nitrogens with zero attached hydrogens (tertiary/aromatic N) is 1. The number of rotatable bonds is 2. The van der Waals surface area contributed by atoms with E-state index in [1.807, 2.05) is 0 Å². The maximum atomic E-state index is 13.3. The fraction of sp³-hybridized carbons (Fsp3) is 0.222. The highest BCUT2D eigenvalue weighted by Gasteiger charge is 2.32. The van der Waals surface area contributed by atoms with E-state index in [4.69, 9.17) is 17.3 Å². The number of aliphatic imine (C=N–C) groups is 1. The Morgan fingerprint density at radius 1 is 1.41 bits per heavy atom. The van der Waals surface area contributed by atoms with Crippen LogP contribution in [0.15, 0.2) is 17.1 Å². The van der Waals surface area contributed by atoms with Crippen LogP contribution < -0.4 is 5.73 Å². The van der Waals surface area contributed by atoms with Gasteiger partial charge in [-0.25, -0.2) is 9.38 Å². The molecule has 0 radical (unpaired) electrons. The minimum absolute atomic E-state index is 0.0383. The van der Waals surface area contributed by atoms with E-state index in [2.05, 4.69) is 4.99 Å². The monoisotopic (exact) mass is 380 g/mol. The van der Waals surface area contributed by atoms with Gasteiger partial charge in [-0.1, -0.05) is 0 Å². The lowest BCUT2D eigenvalue weighted by molar-refractivity contribution is -0.137. The molecule has 0 fully saturated rings. The summed E-state index contributed by atoms with van der Waals surface area (Å²) in [6, 6.07) is 1.14. The molecule has 0 heterocycles. The van der Waals surface area contributed by atoms with Gasteiger partial charge in [0.2, 0.25) is 0 Å². The third-order valence-corrected chi connectivity index (χ3v) is 3.08. The Balaban J connectivity index is 3.35. The van der Waals surface area contributed by atoms with E-state index in [0.717, 1.165) is 6.07 Å². The molecule has 0 unspecified atom stereocenters. The Kier molecular flexibility index (Phi) is 4.59. The molecular formula is C9H6ClF4IN2. The van der Waals surface area contributed by atoms with E-state index >= 15 is 0 Å². The van der Waals surface area contributed by atoms with E-state index in [1.165, 1.54) is 0 Å². The Morgan fingerprint density at radius 3 is 2.47 bits per heavy atom. The minimum Gasteiger partial charge on any atom is -0.386 e. The van der Waals surface area contributed by atoms with Gasteiger partial charge in [0, 0.05) is 0 Å². The summed E-state index contributed by atoms with van der Waals surface area (Å²) in [5.74, 6) is -1.22. The van der Waals surface area contributed by atoms with Crippen LogP contribution in [-0.4, -0.2) is 11.7 Å². The van der Waals surface area contributed by atoms with Crippen LogP contribution in [0.1, 0.15) is 5.56 Å². The molecule has 2 N–H and O–H groups in total. The van der Waals surface area contributed by atoms with Gasteiger partial charge in [0.15, 0.2) is 0 Å². The number of amidine groups is 1. The van der Waals surface area contributed by atoms with Gasteiger partial charge in [0.25, 0.3) is 0 Å². The Labute approximate surface area is 113 Å². The molecule has 0 bridgehead atoms. The van der Waals surface area contributed by atoms with Crippen LogP contribution >= 0.6 is 34.2 Å². The first kappa shape index (κ1) is 14.5. The van der Waals surface area contributed by atoms with Crippen LogP contribution in [0.3, 0.4) is 0 Å². The summed E-state index contributed by atoms with van der Waals surface area (Å²) in [4.78, 5) is 3.63. The summed E-state index contributed by atoms with van der Waals surface area (Å²) in [7, 11) is 0. The molecule has 2 nitrogen and oxygen atoms in total. The molecule has 0 aliphatic carbocycles. The molecule has 0 aromatic heterocycles. The molecule has 0 atom stereocenters. The minimum atomic E-state index is -4.63. The third-order valence-electron chi connectivity index (χ3n) is 1.74. The summed E-state index contributed by atoms with van der Waals surface area (Å²) in [6.45, 7) is 0. The van der Waals surface area contributed by atoms with Crippen molar-refractivity contribution in [3.63, 3.8) is 0 Å². The largest absolute Gasteiger partial charge is 0.416 e. The number of hydrogen-bond acceptors (Lipinski definition) is 1. The van der Waals surface area contributed by atoms with E-state index in [0.29, 0.717) is 6.07 Å². The van der Waals surface area contributed by atoms with Gasteiger partial charge in [-0.15, -0.1) is 11.6 Å². The van der Waals surface area contributed by atoms with Gasteiger partial charge >= 0.3 is 6.18 Å². The topological polar surface area (TPSA) is 38.4 Å². The van der Waals surface area contributed by atoms with E-state index in [9.17, 15) is 17.6 Å². The molecule has 94 valence electrons. The van der Waals surface area contributed by atoms with Crippen LogP contribution in [-0.2, 0) is 6.18 Å². The zero-order valence-electron chi connectivity index (χ0n) is 8.15. The van der Waals surface area contributed by atoms with Crippen molar-refractivity contribution in [2.45, 2.75) is 6.18 Å². The molecule has 1 aromatic rings. The van der Waals surface area contributed by atoms with Gasteiger partial charge in [0.05, 0.1) is 20.7 Å². The van der Waals surface area contributed by atoms with Gasteiger partial charge in [-0.2, -0.15) is 13.2 Å². The first-order valence-corrected chi connectivity index (χ1v) is 5.82. The van der Waals surface area contributed by atoms with E-state index < -0.39 is 17.6 Å². The fourth-order valence-corrected chi connectivity index (χ4v) is 1.50. The van der Waals surface area contributed by atoms with Crippen LogP contribution in [0, 0.1) is 9.39 Å². The quantitative estimate of drug-likeness (QED) is 0.275. The predicted molar refractivity (Wildman–Crippen MR) is 66.1 cm³/mol. The summed E-state index contributed by atoms with van der Waals surface area (Å²) in [5.41, 5.74) is 4.00. The number of nitrogens with two attached hydrogens (primary N) is 1. The van der Waals surface area contributed by atoms with Gasteiger partial charge in [0.1, 0.15) is 11.7 Å². The standard InChI is InChI=1S/C9H6ClF4IN2/c10-3-7(16)17-6-2-4(9(12,13)14)1-5(11)8(6)15/h1-2H,3H2,(H2,16,17). The van der Waals surface area contributed by atoms with Crippen LogP contribution in [0.2, 0.25) is 0 Å². The van der Waals surface area contributed by atoms with Gasteiger partial charge < -0.3 is 5.73 Å². The van der Waals surface area contributed by atoms with Crippen molar-refractivity contribution in [2.75, 3.05) is 5.88 Å². The summed E-state index contributed by atoms with van der Waals surface area (Å²) in [6.07, 6.45) is -4.63. The molecule has 0 spiro atoms. The van der Waals surface area contributed by atoms with Crippen molar-refractivity contribution in [2.24, 2.45) is 10.7 Å². The first-order chi connectivity index (χ1) is 7.75. The van der Waals surface area contributed by atoms with Crippen molar-refractivity contribution in [1.82, 2.24) is 0 Å². The van der Waals surface area contributed by atoms with Crippen molar-refractivity contribution >= 4 is 45.7 Å². The van der Waals surface area contributed by atoms with E-state index in [-0.39, 0.29) is 21.0 Å². The second kappa shape index (κ2) is 5.38. The summed E-state index contributed by atoms with van der Waals surface area (Å²) in [5, 5.41) is 0. The molecule has 1 rings (SSSR count). The second-order valence-electron chi connectivity index (χ2n) is 3.03. The number of hydrogen-bond donors (Lipinski definition) is 1. The number of halogens is 6. The lowest BCUT2D eigenvalue weighted by Crippen LogP contribution is -2.13. The summed E-state index contributed by atoms with van der Waals surface area (Å²) < 4.78 is 50.5. The smallest absolute Gasteiger partial charge is 0.386 e. The average molecular weight is 381 g/mol. The Hall–Kier alpha value is -0.570. The highest BCUT2D eigenvalue weighted by atomic mass is 127. The second-order valence-corrected chi connectivity index (χ2v) is 4.37. The van der Waals surface area contributed by atoms with Crippen molar-refractivity contribution in [3.05, 3.63) is 27.1 Å². The lowest BCUT2D eigenvalue weighted by atomic mass is 10.2. The zero-order valence-corrected chi connectivity index (χ0v) is 11.1. The average Bonchev–Trinajstić information content (AvgIpc) is 2.22. The SMILES string of the molecule is NC(CCl)=Nc1cc(C(F)(F)F)cc(F)c1I. The number of benzene rings is 1. The first-order valence-electron chi connectivity index (χ1n) is 4.21. The zero-order chi connectivity index (χ0) is 13.2. The van der Waals surface area contributed by atoms with Crippen molar-refractivity contribution in [3.8, 4) is 0 Å². The molecule has 0 saturated heterocycles. The van der Waals surface area contributed by atoms with Gasteiger partial charge in [-0.3, -0.25) is 0 Å². The fourth-order valence-electron chi connectivity index (χ4n) is 1.00. The highest BCUT2D eigenvalue weighted by molar-refractivity contribution is 14.1. The van der Waals surface area contributed by atoms with Crippen molar-refractivity contribution < 1.29 is 17.6 Å². The summed E-state index contributed by atoms with van der Waals surface area (Å²) >= 11 is 6.90. The molecule has 0 aliphatic rings. The molecule has 0 aliphatic heterocycles. The number of alkyl halides is 4. The van der Waals surface area contributed by atoms with E-state index in [1.54, 1.807) is 22.6 Å².